The molecular formula is C15H20N4O4S2. The van der Waals surface area contributed by atoms with Crippen LogP contribution in [0.2, 0.25) is 0 Å². The van der Waals surface area contributed by atoms with E-state index in [1.165, 1.54) is 15.8 Å². The fourth-order valence-electron chi connectivity index (χ4n) is 2.61. The van der Waals surface area contributed by atoms with Crippen LogP contribution in [0.1, 0.15) is 22.4 Å². The molecule has 1 aliphatic heterocycles. The van der Waals surface area contributed by atoms with Crippen LogP contribution in [0.3, 0.4) is 0 Å². The lowest BCUT2D eigenvalue weighted by molar-refractivity contribution is 0.102. The van der Waals surface area contributed by atoms with Crippen molar-refractivity contribution in [2.24, 2.45) is 0 Å². The van der Waals surface area contributed by atoms with Gasteiger partial charge in [-0.1, -0.05) is 12.1 Å². The van der Waals surface area contributed by atoms with Crippen molar-refractivity contribution < 1.29 is 17.7 Å². The molecule has 1 amide bonds. The highest BCUT2D eigenvalue weighted by Crippen LogP contribution is 2.24. The van der Waals surface area contributed by atoms with Crippen molar-refractivity contribution in [3.63, 3.8) is 0 Å². The van der Waals surface area contributed by atoms with Crippen molar-refractivity contribution in [3.8, 4) is 0 Å². The summed E-state index contributed by atoms with van der Waals surface area (Å²) in [4.78, 5) is 14.9. The molecule has 136 valence electrons. The van der Waals surface area contributed by atoms with Gasteiger partial charge in [-0.15, -0.1) is 11.3 Å². The van der Waals surface area contributed by atoms with E-state index in [9.17, 15) is 13.2 Å². The van der Waals surface area contributed by atoms with Crippen LogP contribution < -0.4 is 5.32 Å². The zero-order chi connectivity index (χ0) is 18.0. The van der Waals surface area contributed by atoms with Crippen LogP contribution >= 0.6 is 11.3 Å². The highest BCUT2D eigenvalue weighted by Gasteiger charge is 2.29. The van der Waals surface area contributed by atoms with Gasteiger partial charge in [-0.25, -0.2) is 8.42 Å². The molecule has 0 spiro atoms. The number of likely N-dealkylation sites (N-methyl/N-ethyl adjacent to an activating group) is 1. The number of hydrogen-bond acceptors (Lipinski definition) is 7. The van der Waals surface area contributed by atoms with E-state index in [0.717, 1.165) is 31.0 Å². The monoisotopic (exact) mass is 384 g/mol. The van der Waals surface area contributed by atoms with Crippen LogP contribution in [-0.2, 0) is 10.0 Å². The molecule has 25 heavy (non-hydrogen) atoms. The molecule has 3 heterocycles. The maximum absolute atomic E-state index is 12.7. The number of aromatic nitrogens is 1. The van der Waals surface area contributed by atoms with Gasteiger partial charge < -0.3 is 14.7 Å². The number of nitrogens with zero attached hydrogens (tertiary/aromatic N) is 3. The average Bonchev–Trinajstić information content (AvgIpc) is 3.24. The molecule has 2 aromatic rings. The Kier molecular flexibility index (Phi) is 5.23. The number of rotatable bonds is 5. The van der Waals surface area contributed by atoms with Gasteiger partial charge in [0.25, 0.3) is 5.91 Å². The van der Waals surface area contributed by atoms with E-state index in [0.29, 0.717) is 29.5 Å². The third-order valence-corrected chi connectivity index (χ3v) is 7.04. The third kappa shape index (κ3) is 3.92. The topological polar surface area (TPSA) is 95.8 Å². The molecule has 3 rings (SSSR count). The Hall–Kier alpha value is -1.75. The number of aryl methyl sites for hydroxylation is 1. The summed E-state index contributed by atoms with van der Waals surface area (Å²) in [6, 6.07) is 3.00. The fourth-order valence-corrected chi connectivity index (χ4v) is 5.19. The molecule has 0 radical (unpaired) electrons. The van der Waals surface area contributed by atoms with Crippen molar-refractivity contribution in [3.05, 3.63) is 28.2 Å². The number of hydrogen-bond donors (Lipinski definition) is 1. The SMILES string of the molecule is CCN1CCN(S(=O)(=O)c2csc(C(=O)Nc3cc(C)on3)c2)CC1. The molecule has 10 heteroatoms. The molecule has 1 aliphatic rings. The maximum atomic E-state index is 12.7. The molecule has 8 nitrogen and oxygen atoms in total. The summed E-state index contributed by atoms with van der Waals surface area (Å²) < 4.78 is 31.8. The number of carbonyl (C=O) groups is 1. The second-order valence-corrected chi connectivity index (χ2v) is 8.61. The van der Waals surface area contributed by atoms with E-state index in [2.05, 4.69) is 22.3 Å². The van der Waals surface area contributed by atoms with E-state index >= 15 is 0 Å². The standard InChI is InChI=1S/C15H20N4O4S2/c1-3-18-4-6-19(7-5-18)25(21,22)12-9-13(24-10-12)15(20)16-14-8-11(2)23-17-14/h8-10H,3-7H2,1-2H3,(H,16,17,20). The molecule has 1 N–H and O–H groups in total. The summed E-state index contributed by atoms with van der Waals surface area (Å²) in [5.74, 6) is 0.475. The van der Waals surface area contributed by atoms with Gasteiger partial charge in [0.1, 0.15) is 5.76 Å². The van der Waals surface area contributed by atoms with Crippen LogP contribution in [0.5, 0.6) is 0 Å². The van der Waals surface area contributed by atoms with Gasteiger partial charge in [0.15, 0.2) is 5.82 Å². The molecule has 0 bridgehead atoms. The minimum absolute atomic E-state index is 0.156. The van der Waals surface area contributed by atoms with E-state index < -0.39 is 15.9 Å². The number of nitrogens with one attached hydrogen (secondary N) is 1. The lowest BCUT2D eigenvalue weighted by Gasteiger charge is -2.32. The van der Waals surface area contributed by atoms with Crippen LogP contribution in [0, 0.1) is 6.92 Å². The Morgan fingerprint density at radius 2 is 2.04 bits per heavy atom. The maximum Gasteiger partial charge on any atom is 0.267 e. The lowest BCUT2D eigenvalue weighted by atomic mass is 10.4. The molecule has 0 unspecified atom stereocenters. The largest absolute Gasteiger partial charge is 0.360 e. The van der Waals surface area contributed by atoms with E-state index in [4.69, 9.17) is 4.52 Å². The molecular weight excluding hydrogens is 364 g/mol. The predicted molar refractivity (Wildman–Crippen MR) is 94.4 cm³/mol. The minimum atomic E-state index is -3.57. The Balaban J connectivity index is 1.70. The zero-order valence-corrected chi connectivity index (χ0v) is 15.7. The minimum Gasteiger partial charge on any atom is -0.360 e. The number of sulfonamides is 1. The number of piperazine rings is 1. The van der Waals surface area contributed by atoms with Crippen molar-refractivity contribution in [2.75, 3.05) is 38.0 Å². The van der Waals surface area contributed by atoms with Crippen LogP contribution in [-0.4, -0.2) is 61.4 Å². The highest BCUT2D eigenvalue weighted by molar-refractivity contribution is 7.89. The normalized spacial score (nSPS) is 16.9. The summed E-state index contributed by atoms with van der Waals surface area (Å²) in [7, 11) is -3.57. The Morgan fingerprint density at radius 3 is 2.64 bits per heavy atom. The third-order valence-electron chi connectivity index (χ3n) is 4.09. The average molecular weight is 384 g/mol. The molecule has 0 saturated carbocycles. The molecule has 1 fully saturated rings. The van der Waals surface area contributed by atoms with E-state index in [1.54, 1.807) is 13.0 Å². The molecule has 1 saturated heterocycles. The first-order valence-corrected chi connectivity index (χ1v) is 10.3. The van der Waals surface area contributed by atoms with Crippen LogP contribution in [0.15, 0.2) is 26.9 Å². The van der Waals surface area contributed by atoms with Gasteiger partial charge in [-0.3, -0.25) is 4.79 Å². The summed E-state index contributed by atoms with van der Waals surface area (Å²) in [6.07, 6.45) is 0. The van der Waals surface area contributed by atoms with Crippen LogP contribution in [0.25, 0.3) is 0 Å². The predicted octanol–water partition coefficient (Wildman–Crippen LogP) is 1.62. The summed E-state index contributed by atoms with van der Waals surface area (Å²) in [5, 5.41) is 7.78. The number of anilines is 1. The molecule has 2 aromatic heterocycles. The van der Waals surface area contributed by atoms with Gasteiger partial charge in [-0.2, -0.15) is 4.31 Å². The molecule has 0 aromatic carbocycles. The highest BCUT2D eigenvalue weighted by atomic mass is 32.2. The summed E-state index contributed by atoms with van der Waals surface area (Å²) in [5.41, 5.74) is 0. The first kappa shape index (κ1) is 18.1. The first-order chi connectivity index (χ1) is 11.9. The number of amides is 1. The van der Waals surface area contributed by atoms with Gasteiger partial charge in [0, 0.05) is 37.6 Å². The Morgan fingerprint density at radius 1 is 1.32 bits per heavy atom. The van der Waals surface area contributed by atoms with Crippen molar-refractivity contribution in [1.82, 2.24) is 14.4 Å². The second-order valence-electron chi connectivity index (χ2n) is 5.76. The smallest absolute Gasteiger partial charge is 0.267 e. The molecule has 0 atom stereocenters. The number of thiophene rings is 1. The van der Waals surface area contributed by atoms with Gasteiger partial charge in [0.2, 0.25) is 10.0 Å². The van der Waals surface area contributed by atoms with Gasteiger partial charge in [-0.05, 0) is 19.5 Å². The Bertz CT molecular complexity index is 851. The second kappa shape index (κ2) is 7.24. The van der Waals surface area contributed by atoms with Gasteiger partial charge >= 0.3 is 0 Å². The quantitative estimate of drug-likeness (QED) is 0.842. The first-order valence-electron chi connectivity index (χ1n) is 7.96. The van der Waals surface area contributed by atoms with E-state index in [-0.39, 0.29) is 4.90 Å². The van der Waals surface area contributed by atoms with Crippen LogP contribution in [0.4, 0.5) is 5.82 Å². The number of carbonyl (C=O) groups excluding carboxylic acids is 1. The zero-order valence-electron chi connectivity index (χ0n) is 14.1. The summed E-state index contributed by atoms with van der Waals surface area (Å²) in [6.45, 7) is 7.06. The fraction of sp³-hybridized carbons (Fsp3) is 0.467. The van der Waals surface area contributed by atoms with E-state index in [1.807, 2.05) is 0 Å². The van der Waals surface area contributed by atoms with Crippen molar-refractivity contribution in [2.45, 2.75) is 18.7 Å². The molecule has 0 aliphatic carbocycles. The Labute approximate surface area is 150 Å². The lowest BCUT2D eigenvalue weighted by Crippen LogP contribution is -2.48. The van der Waals surface area contributed by atoms with Gasteiger partial charge in [0.05, 0.1) is 9.77 Å². The van der Waals surface area contributed by atoms with Crippen molar-refractivity contribution >= 4 is 33.1 Å². The summed E-state index contributed by atoms with van der Waals surface area (Å²) >= 11 is 1.09. The van der Waals surface area contributed by atoms with Crippen molar-refractivity contribution in [1.29, 1.82) is 0 Å².